The van der Waals surface area contributed by atoms with Crippen molar-refractivity contribution in [3.05, 3.63) is 29.6 Å². The molecular formula is C16H22FNO2S. The number of rotatable bonds is 1. The van der Waals surface area contributed by atoms with Crippen LogP contribution in [0, 0.1) is 5.82 Å². The molecule has 1 unspecified atom stereocenters. The summed E-state index contributed by atoms with van der Waals surface area (Å²) in [5.74, 6) is -0.308. The monoisotopic (exact) mass is 311 g/mol. The molecular weight excluding hydrogens is 289 g/mol. The Labute approximate surface area is 130 Å². The second-order valence-corrected chi connectivity index (χ2v) is 6.87. The van der Waals surface area contributed by atoms with Gasteiger partial charge in [-0.2, -0.15) is 0 Å². The quantitative estimate of drug-likeness (QED) is 0.769. The average molecular weight is 311 g/mol. The Morgan fingerprint density at radius 2 is 2.10 bits per heavy atom. The van der Waals surface area contributed by atoms with E-state index in [2.05, 4.69) is 12.6 Å². The number of nitrogens with zero attached hydrogens (tertiary/aromatic N) is 1. The lowest BCUT2D eigenvalue weighted by Crippen LogP contribution is -2.42. The first kappa shape index (κ1) is 16.1. The molecule has 1 aliphatic rings. The Hall–Kier alpha value is -1.23. The lowest BCUT2D eigenvalue weighted by molar-refractivity contribution is 0.00918. The minimum Gasteiger partial charge on any atom is -0.444 e. The maximum Gasteiger partial charge on any atom is 0.410 e. The van der Waals surface area contributed by atoms with Crippen molar-refractivity contribution in [1.29, 1.82) is 0 Å². The van der Waals surface area contributed by atoms with Crippen molar-refractivity contribution in [2.75, 3.05) is 6.54 Å². The Balaban J connectivity index is 2.27. The zero-order chi connectivity index (χ0) is 15.6. The normalized spacial score (nSPS) is 19.5. The predicted molar refractivity (Wildman–Crippen MR) is 83.2 cm³/mol. The van der Waals surface area contributed by atoms with Crippen LogP contribution in [-0.2, 0) is 4.74 Å². The number of benzene rings is 1. The van der Waals surface area contributed by atoms with Crippen molar-refractivity contribution in [3.63, 3.8) is 0 Å². The topological polar surface area (TPSA) is 29.5 Å². The maximum atomic E-state index is 13.5. The van der Waals surface area contributed by atoms with Gasteiger partial charge in [-0.1, -0.05) is 0 Å². The third-order valence-corrected chi connectivity index (χ3v) is 3.89. The smallest absolute Gasteiger partial charge is 0.410 e. The number of ether oxygens (including phenoxy) is 1. The van der Waals surface area contributed by atoms with E-state index >= 15 is 0 Å². The molecule has 21 heavy (non-hydrogen) atoms. The molecule has 3 nitrogen and oxygen atoms in total. The molecule has 1 fully saturated rings. The largest absolute Gasteiger partial charge is 0.444 e. The molecule has 0 radical (unpaired) electrons. The first-order valence-electron chi connectivity index (χ1n) is 7.26. The van der Waals surface area contributed by atoms with Gasteiger partial charge in [-0.25, -0.2) is 9.18 Å². The summed E-state index contributed by atoms with van der Waals surface area (Å²) in [6.07, 6.45) is 2.40. The van der Waals surface area contributed by atoms with Gasteiger partial charge in [0.25, 0.3) is 0 Å². The van der Waals surface area contributed by atoms with Gasteiger partial charge >= 0.3 is 6.09 Å². The van der Waals surface area contributed by atoms with Crippen LogP contribution in [0.25, 0.3) is 0 Å². The van der Waals surface area contributed by atoms with Gasteiger partial charge in [-0.05, 0) is 63.8 Å². The third-order valence-electron chi connectivity index (χ3n) is 3.48. The van der Waals surface area contributed by atoms with Crippen LogP contribution in [0.1, 0.15) is 51.6 Å². The highest BCUT2D eigenvalue weighted by molar-refractivity contribution is 7.80. The highest BCUT2D eigenvalue weighted by Gasteiger charge is 2.32. The number of carbonyl (C=O) groups excluding carboxylic acids is 1. The average Bonchev–Trinajstić information content (AvgIpc) is 2.39. The van der Waals surface area contributed by atoms with Crippen LogP contribution in [0.2, 0.25) is 0 Å². The molecule has 1 heterocycles. The molecule has 1 aromatic carbocycles. The molecule has 0 spiro atoms. The standard InChI is InChI=1S/C16H22FNO2S/c1-16(2,3)20-15(19)18-9-5-4-6-13(18)12-10-11(17)7-8-14(12)21/h7-8,10,13,21H,4-6,9H2,1-3H3. The molecule has 5 heteroatoms. The SMILES string of the molecule is CC(C)(C)OC(=O)N1CCCCC1c1cc(F)ccc1S. The van der Waals surface area contributed by atoms with Gasteiger partial charge in [-0.3, -0.25) is 0 Å². The van der Waals surface area contributed by atoms with Gasteiger partial charge < -0.3 is 9.64 Å². The number of hydrogen-bond donors (Lipinski definition) is 1. The number of piperidine rings is 1. The molecule has 0 N–H and O–H groups in total. The summed E-state index contributed by atoms with van der Waals surface area (Å²) in [6, 6.07) is 4.31. The number of halogens is 1. The summed E-state index contributed by atoms with van der Waals surface area (Å²) in [5, 5.41) is 0. The summed E-state index contributed by atoms with van der Waals surface area (Å²) in [5.41, 5.74) is 0.217. The predicted octanol–water partition coefficient (Wildman–Crippen LogP) is 4.58. The second-order valence-electron chi connectivity index (χ2n) is 6.39. The van der Waals surface area contributed by atoms with Crippen LogP contribution in [0.5, 0.6) is 0 Å². The fourth-order valence-corrected chi connectivity index (χ4v) is 2.87. The molecule has 2 rings (SSSR count). The molecule has 0 aromatic heterocycles. The Bertz CT molecular complexity index is 527. The van der Waals surface area contributed by atoms with Gasteiger partial charge in [0.05, 0.1) is 6.04 Å². The first-order chi connectivity index (χ1) is 9.78. The zero-order valence-electron chi connectivity index (χ0n) is 12.7. The van der Waals surface area contributed by atoms with E-state index < -0.39 is 5.60 Å². The molecule has 0 bridgehead atoms. The molecule has 1 atom stereocenters. The number of amides is 1. The van der Waals surface area contributed by atoms with E-state index in [0.29, 0.717) is 11.4 Å². The molecule has 0 saturated carbocycles. The van der Waals surface area contributed by atoms with E-state index in [9.17, 15) is 9.18 Å². The minimum atomic E-state index is -0.537. The number of thiol groups is 1. The lowest BCUT2D eigenvalue weighted by atomic mass is 9.95. The first-order valence-corrected chi connectivity index (χ1v) is 7.71. The lowest BCUT2D eigenvalue weighted by Gasteiger charge is -2.37. The third kappa shape index (κ3) is 4.13. The van der Waals surface area contributed by atoms with Gasteiger partial charge in [0.15, 0.2) is 0 Å². The van der Waals surface area contributed by atoms with Crippen molar-refractivity contribution in [2.45, 2.75) is 56.6 Å². The molecule has 1 aromatic rings. The van der Waals surface area contributed by atoms with E-state index in [1.807, 2.05) is 20.8 Å². The summed E-state index contributed by atoms with van der Waals surface area (Å²) in [6.45, 7) is 6.16. The highest BCUT2D eigenvalue weighted by atomic mass is 32.1. The molecule has 116 valence electrons. The van der Waals surface area contributed by atoms with Gasteiger partial charge in [0.1, 0.15) is 11.4 Å². The van der Waals surface area contributed by atoms with Crippen molar-refractivity contribution in [3.8, 4) is 0 Å². The fourth-order valence-electron chi connectivity index (χ4n) is 2.59. The minimum absolute atomic E-state index is 0.170. The fraction of sp³-hybridized carbons (Fsp3) is 0.562. The van der Waals surface area contributed by atoms with Crippen LogP contribution < -0.4 is 0 Å². The van der Waals surface area contributed by atoms with Crippen LogP contribution in [0.4, 0.5) is 9.18 Å². The van der Waals surface area contributed by atoms with Crippen molar-refractivity contribution in [2.24, 2.45) is 0 Å². The maximum absolute atomic E-state index is 13.5. The Morgan fingerprint density at radius 3 is 2.76 bits per heavy atom. The molecule has 1 aliphatic heterocycles. The van der Waals surface area contributed by atoms with E-state index in [1.54, 1.807) is 11.0 Å². The number of likely N-dealkylation sites (tertiary alicyclic amines) is 1. The zero-order valence-corrected chi connectivity index (χ0v) is 13.6. The molecule has 1 amide bonds. The van der Waals surface area contributed by atoms with Crippen LogP contribution in [0.15, 0.2) is 23.1 Å². The van der Waals surface area contributed by atoms with Crippen LogP contribution >= 0.6 is 12.6 Å². The van der Waals surface area contributed by atoms with E-state index in [1.165, 1.54) is 12.1 Å². The summed E-state index contributed by atoms with van der Waals surface area (Å²) in [4.78, 5) is 14.8. The van der Waals surface area contributed by atoms with Gasteiger partial charge in [0, 0.05) is 11.4 Å². The van der Waals surface area contributed by atoms with Gasteiger partial charge in [-0.15, -0.1) is 12.6 Å². The summed E-state index contributed by atoms with van der Waals surface area (Å²) in [7, 11) is 0. The highest BCUT2D eigenvalue weighted by Crippen LogP contribution is 2.35. The van der Waals surface area contributed by atoms with Gasteiger partial charge in [0.2, 0.25) is 0 Å². The Kier molecular flexibility index (Phi) is 4.81. The van der Waals surface area contributed by atoms with Crippen molar-refractivity contribution < 1.29 is 13.9 Å². The summed E-state index contributed by atoms with van der Waals surface area (Å²) >= 11 is 4.41. The van der Waals surface area contributed by atoms with E-state index in [4.69, 9.17) is 4.74 Å². The van der Waals surface area contributed by atoms with Crippen molar-refractivity contribution in [1.82, 2.24) is 4.90 Å². The summed E-state index contributed by atoms with van der Waals surface area (Å²) < 4.78 is 19.0. The van der Waals surface area contributed by atoms with Crippen LogP contribution in [0.3, 0.4) is 0 Å². The second kappa shape index (κ2) is 6.26. The molecule has 1 saturated heterocycles. The number of carbonyl (C=O) groups is 1. The van der Waals surface area contributed by atoms with E-state index in [-0.39, 0.29) is 18.0 Å². The number of hydrogen-bond acceptors (Lipinski definition) is 3. The van der Waals surface area contributed by atoms with E-state index in [0.717, 1.165) is 24.8 Å². The Morgan fingerprint density at radius 1 is 1.38 bits per heavy atom. The van der Waals surface area contributed by atoms with Crippen LogP contribution in [-0.4, -0.2) is 23.1 Å². The molecule has 0 aliphatic carbocycles. The van der Waals surface area contributed by atoms with Crippen molar-refractivity contribution >= 4 is 18.7 Å².